The van der Waals surface area contributed by atoms with Crippen molar-refractivity contribution in [2.75, 3.05) is 0 Å². The molecule has 22 heavy (non-hydrogen) atoms. The maximum absolute atomic E-state index is 8.83. The van der Waals surface area contributed by atoms with Gasteiger partial charge in [0, 0.05) is 0 Å². The molecular formula is C19H20BrNO. The molecule has 0 saturated carbocycles. The highest BCUT2D eigenvalue weighted by Crippen LogP contribution is 2.24. The first kappa shape index (κ1) is 16.6. The van der Waals surface area contributed by atoms with Crippen molar-refractivity contribution in [1.82, 2.24) is 0 Å². The van der Waals surface area contributed by atoms with Crippen molar-refractivity contribution < 1.29 is 4.74 Å². The molecule has 0 radical (unpaired) electrons. The molecule has 1 unspecified atom stereocenters. The molecule has 3 heteroatoms. The highest BCUT2D eigenvalue weighted by molar-refractivity contribution is 9.09. The Morgan fingerprint density at radius 1 is 1.00 bits per heavy atom. The fraction of sp³-hybridized carbons (Fsp3) is 0.316. The van der Waals surface area contributed by atoms with Crippen LogP contribution >= 0.6 is 15.9 Å². The number of hydrogen-bond acceptors (Lipinski definition) is 2. The Balaban J connectivity index is 1.96. The zero-order valence-electron chi connectivity index (χ0n) is 12.8. The van der Waals surface area contributed by atoms with Gasteiger partial charge in [0.15, 0.2) is 5.01 Å². The first-order valence-electron chi connectivity index (χ1n) is 7.64. The monoisotopic (exact) mass is 357 g/mol. The van der Waals surface area contributed by atoms with Gasteiger partial charge in [-0.05, 0) is 64.2 Å². The number of ether oxygens (including phenoxy) is 1. The maximum Gasteiger partial charge on any atom is 0.153 e. The van der Waals surface area contributed by atoms with Gasteiger partial charge in [-0.15, -0.1) is 0 Å². The molecule has 114 valence electrons. The summed E-state index contributed by atoms with van der Waals surface area (Å²) in [6, 6.07) is 17.8. The number of benzene rings is 2. The van der Waals surface area contributed by atoms with Crippen molar-refractivity contribution in [2.45, 2.75) is 37.6 Å². The molecule has 2 nitrogen and oxygen atoms in total. The minimum Gasteiger partial charge on any atom is -0.479 e. The van der Waals surface area contributed by atoms with Crippen LogP contribution in [0, 0.1) is 11.3 Å². The fourth-order valence-electron chi connectivity index (χ4n) is 2.22. The number of hydrogen-bond donors (Lipinski definition) is 0. The summed E-state index contributed by atoms with van der Waals surface area (Å²) in [6.45, 7) is 2.20. The fourth-order valence-corrected chi connectivity index (χ4v) is 2.76. The molecule has 1 atom stereocenters. The molecule has 2 aromatic rings. The van der Waals surface area contributed by atoms with E-state index >= 15 is 0 Å². The van der Waals surface area contributed by atoms with E-state index in [4.69, 9.17) is 10.00 Å². The van der Waals surface area contributed by atoms with Gasteiger partial charge in [-0.3, -0.25) is 0 Å². The second-order valence-corrected chi connectivity index (χ2v) is 6.26. The first-order chi connectivity index (χ1) is 10.7. The molecule has 0 bridgehead atoms. The number of rotatable bonds is 7. The van der Waals surface area contributed by atoms with Crippen LogP contribution in [0.25, 0.3) is 11.1 Å². The Labute approximate surface area is 140 Å². The van der Waals surface area contributed by atoms with Crippen LogP contribution in [-0.4, -0.2) is 5.01 Å². The zero-order chi connectivity index (χ0) is 15.8. The van der Waals surface area contributed by atoms with Gasteiger partial charge in [0.05, 0.1) is 11.6 Å². The summed E-state index contributed by atoms with van der Waals surface area (Å²) in [4.78, 5) is 0. The summed E-state index contributed by atoms with van der Waals surface area (Å²) < 4.78 is 5.86. The lowest BCUT2D eigenvalue weighted by atomic mass is 10.0. The van der Waals surface area contributed by atoms with Crippen molar-refractivity contribution in [3.05, 3.63) is 54.1 Å². The molecule has 0 fully saturated rings. The minimum absolute atomic E-state index is 0.0693. The van der Waals surface area contributed by atoms with Crippen LogP contribution in [0.5, 0.6) is 5.75 Å². The third kappa shape index (κ3) is 4.89. The van der Waals surface area contributed by atoms with E-state index in [1.165, 1.54) is 19.3 Å². The molecular weight excluding hydrogens is 338 g/mol. The van der Waals surface area contributed by atoms with Gasteiger partial charge >= 0.3 is 0 Å². The normalized spacial score (nSPS) is 11.7. The lowest BCUT2D eigenvalue weighted by Gasteiger charge is -2.13. The molecule has 0 spiro atoms. The quantitative estimate of drug-likeness (QED) is 0.456. The maximum atomic E-state index is 8.83. The van der Waals surface area contributed by atoms with Gasteiger partial charge in [-0.1, -0.05) is 44.0 Å². The second-order valence-electron chi connectivity index (χ2n) is 5.24. The Morgan fingerprint density at radius 2 is 1.59 bits per heavy atom. The molecule has 0 aromatic heterocycles. The predicted octanol–water partition coefficient (Wildman–Crippen LogP) is 5.91. The van der Waals surface area contributed by atoms with Gasteiger partial charge in [0.25, 0.3) is 0 Å². The van der Waals surface area contributed by atoms with Gasteiger partial charge in [-0.25, -0.2) is 0 Å². The molecule has 0 saturated heterocycles. The number of unbranched alkanes of at least 4 members (excludes halogenated alkanes) is 2. The van der Waals surface area contributed by atoms with Crippen LogP contribution in [0.3, 0.4) is 0 Å². The Morgan fingerprint density at radius 3 is 2.14 bits per heavy atom. The van der Waals surface area contributed by atoms with E-state index in [1.807, 2.05) is 48.5 Å². The van der Waals surface area contributed by atoms with Crippen molar-refractivity contribution in [1.29, 1.82) is 5.26 Å². The van der Waals surface area contributed by atoms with E-state index in [0.717, 1.165) is 23.3 Å². The third-order valence-corrected chi connectivity index (χ3v) is 4.14. The molecule has 0 aliphatic carbocycles. The topological polar surface area (TPSA) is 33.0 Å². The first-order valence-corrected chi connectivity index (χ1v) is 8.56. The van der Waals surface area contributed by atoms with Crippen molar-refractivity contribution in [2.24, 2.45) is 0 Å². The lowest BCUT2D eigenvalue weighted by Crippen LogP contribution is -2.07. The number of alkyl halides is 1. The molecule has 0 heterocycles. The van der Waals surface area contributed by atoms with Crippen LogP contribution in [0.15, 0.2) is 48.5 Å². The van der Waals surface area contributed by atoms with Crippen LogP contribution in [0.2, 0.25) is 0 Å². The summed E-state index contributed by atoms with van der Waals surface area (Å²) >= 11 is 3.57. The van der Waals surface area contributed by atoms with Gasteiger partial charge in [0.2, 0.25) is 0 Å². The van der Waals surface area contributed by atoms with Gasteiger partial charge in [-0.2, -0.15) is 5.26 Å². The van der Waals surface area contributed by atoms with E-state index in [9.17, 15) is 0 Å². The van der Waals surface area contributed by atoms with Crippen molar-refractivity contribution in [3.8, 4) is 22.9 Å². The van der Waals surface area contributed by atoms with Crippen molar-refractivity contribution >= 4 is 15.9 Å². The molecule has 0 N–H and O–H groups in total. The Bertz CT molecular complexity index is 613. The van der Waals surface area contributed by atoms with Crippen LogP contribution in [0.4, 0.5) is 0 Å². The SMILES string of the molecule is CCCCCC(Br)Oc1ccc(-c2ccc(C#N)cc2)cc1. The lowest BCUT2D eigenvalue weighted by molar-refractivity contribution is 0.278. The van der Waals surface area contributed by atoms with E-state index in [-0.39, 0.29) is 5.01 Å². The predicted molar refractivity (Wildman–Crippen MR) is 94.1 cm³/mol. The van der Waals surface area contributed by atoms with Gasteiger partial charge in [0.1, 0.15) is 5.75 Å². The number of nitriles is 1. The average Bonchev–Trinajstić information content (AvgIpc) is 2.56. The molecule has 0 amide bonds. The average molecular weight is 358 g/mol. The second kappa shape index (κ2) is 8.60. The standard InChI is InChI=1S/C19H20BrNO/c1-2-3-4-5-19(20)22-18-12-10-17(11-13-18)16-8-6-15(14-21)7-9-16/h6-13,19H,2-5H2,1H3. The van der Waals surface area contributed by atoms with Crippen LogP contribution in [-0.2, 0) is 0 Å². The summed E-state index contributed by atoms with van der Waals surface area (Å²) in [6.07, 6.45) is 4.66. The molecule has 2 rings (SSSR count). The molecule has 0 aliphatic heterocycles. The smallest absolute Gasteiger partial charge is 0.153 e. The third-order valence-electron chi connectivity index (χ3n) is 3.50. The van der Waals surface area contributed by atoms with Crippen molar-refractivity contribution in [3.63, 3.8) is 0 Å². The Kier molecular flexibility index (Phi) is 6.48. The van der Waals surface area contributed by atoms with E-state index in [2.05, 4.69) is 28.9 Å². The summed E-state index contributed by atoms with van der Waals surface area (Å²) in [7, 11) is 0. The number of nitrogens with zero attached hydrogens (tertiary/aromatic N) is 1. The van der Waals surface area contributed by atoms with Gasteiger partial charge < -0.3 is 4.74 Å². The largest absolute Gasteiger partial charge is 0.479 e. The van der Waals surface area contributed by atoms with E-state index in [0.29, 0.717) is 5.56 Å². The summed E-state index contributed by atoms with van der Waals surface area (Å²) in [5.41, 5.74) is 2.90. The molecule has 2 aromatic carbocycles. The highest BCUT2D eigenvalue weighted by Gasteiger charge is 2.06. The van der Waals surface area contributed by atoms with E-state index in [1.54, 1.807) is 0 Å². The minimum atomic E-state index is 0.0693. The summed E-state index contributed by atoms with van der Waals surface area (Å²) in [5.74, 6) is 0.871. The zero-order valence-corrected chi connectivity index (χ0v) is 14.3. The highest BCUT2D eigenvalue weighted by atomic mass is 79.9. The van der Waals surface area contributed by atoms with Crippen LogP contribution in [0.1, 0.15) is 38.2 Å². The van der Waals surface area contributed by atoms with Crippen LogP contribution < -0.4 is 4.74 Å². The number of halogens is 1. The Hall–Kier alpha value is -1.79. The summed E-state index contributed by atoms with van der Waals surface area (Å²) in [5, 5.41) is 8.89. The molecule has 0 aliphatic rings. The van der Waals surface area contributed by atoms with E-state index < -0.39 is 0 Å².